The Morgan fingerprint density at radius 1 is 1.17 bits per heavy atom. The molecule has 1 aliphatic heterocycles. The van der Waals surface area contributed by atoms with Gasteiger partial charge in [0.15, 0.2) is 16.3 Å². The highest BCUT2D eigenvalue weighted by Gasteiger charge is 2.15. The molecule has 5 nitrogen and oxygen atoms in total. The minimum atomic E-state index is -0.152. The van der Waals surface area contributed by atoms with E-state index in [1.807, 2.05) is 54.1 Å². The number of hydrogen-bond acceptors (Lipinski definition) is 4. The molecule has 0 saturated carbocycles. The van der Waals surface area contributed by atoms with E-state index in [9.17, 15) is 4.79 Å². The summed E-state index contributed by atoms with van der Waals surface area (Å²) in [7, 11) is 1.91. The first-order valence-electron chi connectivity index (χ1n) is 7.71. The molecule has 3 aromatic rings. The average molecular weight is 340 g/mol. The maximum absolute atomic E-state index is 12.2. The first-order chi connectivity index (χ1) is 11.7. The summed E-state index contributed by atoms with van der Waals surface area (Å²) in [6.07, 6.45) is 0.303. The lowest BCUT2D eigenvalue weighted by atomic mass is 10.1. The van der Waals surface area contributed by atoms with Crippen molar-refractivity contribution < 1.29 is 14.3 Å². The Balaban J connectivity index is 1.71. The minimum absolute atomic E-state index is 0.152. The highest BCUT2D eigenvalue weighted by atomic mass is 32.1. The number of rotatable bonds is 2. The van der Waals surface area contributed by atoms with Gasteiger partial charge in [0.1, 0.15) is 13.2 Å². The Morgan fingerprint density at radius 3 is 2.62 bits per heavy atom. The minimum Gasteiger partial charge on any atom is -0.486 e. The van der Waals surface area contributed by atoms with Crippen molar-refractivity contribution in [3.63, 3.8) is 0 Å². The summed E-state index contributed by atoms with van der Waals surface area (Å²) in [6.45, 7) is 1.11. The molecule has 0 saturated heterocycles. The average Bonchev–Trinajstić information content (AvgIpc) is 2.89. The Morgan fingerprint density at radius 2 is 1.88 bits per heavy atom. The largest absolute Gasteiger partial charge is 0.486 e. The van der Waals surface area contributed by atoms with E-state index in [1.54, 1.807) is 0 Å². The molecule has 0 unspecified atom stereocenters. The molecule has 0 fully saturated rings. The number of carbonyl (C=O) groups is 1. The number of benzene rings is 2. The third-order valence-corrected chi connectivity index (χ3v) is 4.99. The van der Waals surface area contributed by atoms with Crippen LogP contribution in [0.2, 0.25) is 0 Å². The predicted octanol–water partition coefficient (Wildman–Crippen LogP) is 2.68. The van der Waals surface area contributed by atoms with Crippen LogP contribution >= 0.6 is 11.3 Å². The summed E-state index contributed by atoms with van der Waals surface area (Å²) < 4.78 is 14.2. The molecule has 0 atom stereocenters. The first-order valence-corrected chi connectivity index (χ1v) is 8.53. The number of amides is 1. The maximum Gasteiger partial charge on any atom is 0.252 e. The fourth-order valence-corrected chi connectivity index (χ4v) is 3.73. The number of nitrogens with zero attached hydrogens (tertiary/aromatic N) is 2. The van der Waals surface area contributed by atoms with Crippen molar-refractivity contribution in [1.29, 1.82) is 0 Å². The molecule has 2 aromatic carbocycles. The number of ether oxygens (including phenoxy) is 2. The van der Waals surface area contributed by atoms with Crippen LogP contribution in [0.25, 0.3) is 10.2 Å². The Kier molecular flexibility index (Phi) is 3.82. The summed E-state index contributed by atoms with van der Waals surface area (Å²) >= 11 is 1.48. The standard InChI is InChI=1S/C18H16N2O3S/c1-20-13-10-14-15(23-8-7-22-14)11-16(13)24-18(20)19-17(21)9-12-5-3-2-4-6-12/h2-6,10-11H,7-9H2,1H3. The molecule has 122 valence electrons. The van der Waals surface area contributed by atoms with Crippen molar-refractivity contribution in [2.24, 2.45) is 12.0 Å². The van der Waals surface area contributed by atoms with Crippen molar-refractivity contribution in [1.82, 2.24) is 4.57 Å². The Hall–Kier alpha value is -2.60. The summed E-state index contributed by atoms with van der Waals surface area (Å²) in [5.74, 6) is 1.34. The van der Waals surface area contributed by atoms with Crippen LogP contribution in [0.4, 0.5) is 0 Å². The molecule has 2 heterocycles. The number of thiazole rings is 1. The van der Waals surface area contributed by atoms with E-state index >= 15 is 0 Å². The Bertz CT molecular complexity index is 973. The molecule has 1 aliphatic rings. The highest BCUT2D eigenvalue weighted by Crippen LogP contribution is 2.35. The second-order valence-corrected chi connectivity index (χ2v) is 6.58. The van der Waals surface area contributed by atoms with Crippen LogP contribution in [0.3, 0.4) is 0 Å². The van der Waals surface area contributed by atoms with Crippen molar-refractivity contribution in [2.75, 3.05) is 13.2 Å². The van der Waals surface area contributed by atoms with Gasteiger partial charge < -0.3 is 14.0 Å². The zero-order chi connectivity index (χ0) is 16.5. The van der Waals surface area contributed by atoms with Gasteiger partial charge in [-0.3, -0.25) is 4.79 Å². The molecular formula is C18H16N2O3S. The monoisotopic (exact) mass is 340 g/mol. The van der Waals surface area contributed by atoms with Crippen molar-refractivity contribution >= 4 is 27.5 Å². The normalized spacial score (nSPS) is 14.1. The number of fused-ring (bicyclic) bond motifs is 2. The molecule has 1 aromatic heterocycles. The van der Waals surface area contributed by atoms with E-state index in [-0.39, 0.29) is 5.91 Å². The van der Waals surface area contributed by atoms with Gasteiger partial charge in [0.05, 0.1) is 16.6 Å². The summed E-state index contributed by atoms with van der Waals surface area (Å²) in [5, 5.41) is 0. The quantitative estimate of drug-likeness (QED) is 0.721. The molecule has 0 aliphatic carbocycles. The number of hydrogen-bond donors (Lipinski definition) is 0. The lowest BCUT2D eigenvalue weighted by molar-refractivity contribution is -0.117. The molecule has 0 bridgehead atoms. The van der Waals surface area contributed by atoms with Gasteiger partial charge in [0, 0.05) is 19.2 Å². The van der Waals surface area contributed by atoms with E-state index < -0.39 is 0 Å². The molecule has 0 N–H and O–H groups in total. The molecule has 0 radical (unpaired) electrons. The lowest BCUT2D eigenvalue weighted by Crippen LogP contribution is -2.16. The second-order valence-electron chi connectivity index (χ2n) is 5.58. The van der Waals surface area contributed by atoms with Crippen molar-refractivity contribution in [2.45, 2.75) is 6.42 Å². The molecule has 1 amide bonds. The molecule has 24 heavy (non-hydrogen) atoms. The fraction of sp³-hybridized carbons (Fsp3) is 0.222. The summed E-state index contributed by atoms with van der Waals surface area (Å²) in [6, 6.07) is 13.5. The van der Waals surface area contributed by atoms with Crippen LogP contribution in [0.15, 0.2) is 47.5 Å². The molecule has 4 rings (SSSR count). The SMILES string of the molecule is Cn1c(=NC(=O)Cc2ccccc2)sc2cc3c(cc21)OCCO3. The van der Waals surface area contributed by atoms with Crippen molar-refractivity contribution in [3.05, 3.63) is 52.8 Å². The van der Waals surface area contributed by atoms with E-state index in [0.29, 0.717) is 24.4 Å². The van der Waals surface area contributed by atoms with Gasteiger partial charge in [0.2, 0.25) is 0 Å². The highest BCUT2D eigenvalue weighted by molar-refractivity contribution is 7.16. The van der Waals surface area contributed by atoms with E-state index in [1.165, 1.54) is 11.3 Å². The summed E-state index contributed by atoms with van der Waals surface area (Å²) in [5.41, 5.74) is 1.95. The van der Waals surface area contributed by atoms with Gasteiger partial charge >= 0.3 is 0 Å². The zero-order valence-electron chi connectivity index (χ0n) is 13.2. The van der Waals surface area contributed by atoms with E-state index in [0.717, 1.165) is 27.3 Å². The van der Waals surface area contributed by atoms with Gasteiger partial charge in [0.25, 0.3) is 5.91 Å². The van der Waals surface area contributed by atoms with Crippen LogP contribution < -0.4 is 14.3 Å². The maximum atomic E-state index is 12.2. The van der Waals surface area contributed by atoms with Gasteiger partial charge in [-0.1, -0.05) is 41.7 Å². The van der Waals surface area contributed by atoms with Crippen LogP contribution in [0.5, 0.6) is 11.5 Å². The Labute approximate surface area is 142 Å². The van der Waals surface area contributed by atoms with Gasteiger partial charge in [-0.25, -0.2) is 0 Å². The third-order valence-electron chi connectivity index (χ3n) is 3.89. The van der Waals surface area contributed by atoms with Crippen LogP contribution in [-0.2, 0) is 18.3 Å². The van der Waals surface area contributed by atoms with Gasteiger partial charge in [-0.15, -0.1) is 0 Å². The number of aromatic nitrogens is 1. The van der Waals surface area contributed by atoms with Crippen molar-refractivity contribution in [3.8, 4) is 11.5 Å². The molecule has 0 spiro atoms. The summed E-state index contributed by atoms with van der Waals surface area (Å²) in [4.78, 5) is 17.2. The predicted molar refractivity (Wildman–Crippen MR) is 92.5 cm³/mol. The number of aryl methyl sites for hydroxylation is 1. The van der Waals surface area contributed by atoms with E-state index in [4.69, 9.17) is 9.47 Å². The number of carbonyl (C=O) groups excluding carboxylic acids is 1. The molecular weight excluding hydrogens is 324 g/mol. The fourth-order valence-electron chi connectivity index (χ4n) is 2.69. The molecule has 6 heteroatoms. The topological polar surface area (TPSA) is 52.8 Å². The lowest BCUT2D eigenvalue weighted by Gasteiger charge is -2.18. The van der Waals surface area contributed by atoms with Crippen LogP contribution in [0.1, 0.15) is 5.56 Å². The van der Waals surface area contributed by atoms with Gasteiger partial charge in [-0.05, 0) is 5.56 Å². The smallest absolute Gasteiger partial charge is 0.252 e. The zero-order valence-corrected chi connectivity index (χ0v) is 14.0. The first kappa shape index (κ1) is 15.0. The second kappa shape index (κ2) is 6.13. The van der Waals surface area contributed by atoms with E-state index in [2.05, 4.69) is 4.99 Å². The third kappa shape index (κ3) is 2.80. The van der Waals surface area contributed by atoms with Gasteiger partial charge in [-0.2, -0.15) is 4.99 Å². The van der Waals surface area contributed by atoms with Crippen LogP contribution in [0, 0.1) is 0 Å². The van der Waals surface area contributed by atoms with Crippen LogP contribution in [-0.4, -0.2) is 23.7 Å².